The predicted molar refractivity (Wildman–Crippen MR) is 62.1 cm³/mol. The molecule has 1 fully saturated rings. The molecule has 0 radical (unpaired) electrons. The minimum Gasteiger partial charge on any atom is -0.370 e. The monoisotopic (exact) mass is 206 g/mol. The quantitative estimate of drug-likeness (QED) is 0.701. The topological polar surface area (TPSA) is 49.8 Å². The van der Waals surface area contributed by atoms with E-state index >= 15 is 0 Å². The van der Waals surface area contributed by atoms with Crippen molar-refractivity contribution < 1.29 is 0 Å². The molecular formula is C11H18N4. The van der Waals surface area contributed by atoms with Gasteiger partial charge in [-0.1, -0.05) is 13.3 Å². The van der Waals surface area contributed by atoms with Crippen molar-refractivity contribution in [2.45, 2.75) is 38.6 Å². The molecule has 0 atom stereocenters. The van der Waals surface area contributed by atoms with Crippen molar-refractivity contribution in [2.24, 2.45) is 0 Å². The molecule has 0 saturated heterocycles. The van der Waals surface area contributed by atoms with Gasteiger partial charge in [-0.3, -0.25) is 0 Å². The Morgan fingerprint density at radius 1 is 1.47 bits per heavy atom. The number of hydrogen-bond donors (Lipinski definition) is 2. The van der Waals surface area contributed by atoms with Gasteiger partial charge in [0.2, 0.25) is 5.95 Å². The third kappa shape index (κ3) is 3.38. The summed E-state index contributed by atoms with van der Waals surface area (Å²) in [6.07, 6.45) is 6.67. The fraction of sp³-hybridized carbons (Fsp3) is 0.636. The van der Waals surface area contributed by atoms with Gasteiger partial charge in [0.25, 0.3) is 0 Å². The number of unbranched alkanes of at least 4 members (excludes halogenated alkanes) is 1. The molecule has 1 aromatic heterocycles. The Labute approximate surface area is 90.5 Å². The van der Waals surface area contributed by atoms with Gasteiger partial charge < -0.3 is 10.6 Å². The fourth-order valence-corrected chi connectivity index (χ4v) is 1.33. The average molecular weight is 206 g/mol. The molecular weight excluding hydrogens is 188 g/mol. The molecule has 0 aromatic carbocycles. The Hall–Kier alpha value is -1.32. The smallest absolute Gasteiger partial charge is 0.224 e. The van der Waals surface area contributed by atoms with Crippen LogP contribution in [0.2, 0.25) is 0 Å². The SMILES string of the molecule is CCCCNc1ccnc(NC2CC2)n1. The normalized spacial score (nSPS) is 15.0. The third-order valence-electron chi connectivity index (χ3n) is 2.40. The minimum atomic E-state index is 0.607. The van der Waals surface area contributed by atoms with Gasteiger partial charge in [0.05, 0.1) is 0 Å². The van der Waals surface area contributed by atoms with Crippen molar-refractivity contribution in [1.29, 1.82) is 0 Å². The highest BCUT2D eigenvalue weighted by Gasteiger charge is 2.21. The lowest BCUT2D eigenvalue weighted by Gasteiger charge is -2.06. The Morgan fingerprint density at radius 3 is 3.07 bits per heavy atom. The second-order valence-corrected chi connectivity index (χ2v) is 3.96. The van der Waals surface area contributed by atoms with Crippen LogP contribution in [0.5, 0.6) is 0 Å². The Balaban J connectivity index is 1.86. The van der Waals surface area contributed by atoms with E-state index in [1.165, 1.54) is 25.7 Å². The molecule has 1 heterocycles. The summed E-state index contributed by atoms with van der Waals surface area (Å²) >= 11 is 0. The van der Waals surface area contributed by atoms with Crippen molar-refractivity contribution in [3.05, 3.63) is 12.3 Å². The van der Waals surface area contributed by atoms with E-state index in [1.54, 1.807) is 6.20 Å². The minimum absolute atomic E-state index is 0.607. The molecule has 2 rings (SSSR count). The zero-order chi connectivity index (χ0) is 10.5. The Kier molecular flexibility index (Phi) is 3.37. The van der Waals surface area contributed by atoms with Crippen LogP contribution < -0.4 is 10.6 Å². The molecule has 0 unspecified atom stereocenters. The van der Waals surface area contributed by atoms with Gasteiger partial charge in [-0.05, 0) is 25.3 Å². The zero-order valence-electron chi connectivity index (χ0n) is 9.16. The summed E-state index contributed by atoms with van der Waals surface area (Å²) in [5, 5.41) is 6.57. The van der Waals surface area contributed by atoms with Crippen LogP contribution in [0.15, 0.2) is 12.3 Å². The number of nitrogens with one attached hydrogen (secondary N) is 2. The molecule has 0 amide bonds. The molecule has 0 spiro atoms. The number of rotatable bonds is 6. The van der Waals surface area contributed by atoms with E-state index in [2.05, 4.69) is 27.5 Å². The van der Waals surface area contributed by atoms with Gasteiger partial charge in [0, 0.05) is 18.8 Å². The van der Waals surface area contributed by atoms with Crippen LogP contribution in [0.1, 0.15) is 32.6 Å². The van der Waals surface area contributed by atoms with E-state index in [0.29, 0.717) is 6.04 Å². The van der Waals surface area contributed by atoms with E-state index in [4.69, 9.17) is 0 Å². The number of nitrogens with zero attached hydrogens (tertiary/aromatic N) is 2. The lowest BCUT2D eigenvalue weighted by atomic mass is 10.3. The summed E-state index contributed by atoms with van der Waals surface area (Å²) in [6, 6.07) is 2.52. The highest BCUT2D eigenvalue weighted by molar-refractivity contribution is 5.40. The van der Waals surface area contributed by atoms with Crippen LogP contribution in [0.4, 0.5) is 11.8 Å². The molecule has 1 saturated carbocycles. The van der Waals surface area contributed by atoms with Gasteiger partial charge in [-0.2, -0.15) is 4.98 Å². The van der Waals surface area contributed by atoms with Gasteiger partial charge in [-0.25, -0.2) is 4.98 Å². The molecule has 4 nitrogen and oxygen atoms in total. The molecule has 1 aliphatic carbocycles. The second-order valence-electron chi connectivity index (χ2n) is 3.96. The average Bonchev–Trinajstić information content (AvgIpc) is 3.03. The maximum Gasteiger partial charge on any atom is 0.224 e. The summed E-state index contributed by atoms with van der Waals surface area (Å²) in [5.41, 5.74) is 0. The van der Waals surface area contributed by atoms with Crippen LogP contribution in [0, 0.1) is 0 Å². The van der Waals surface area contributed by atoms with Crippen molar-refractivity contribution in [3.63, 3.8) is 0 Å². The first-order chi connectivity index (χ1) is 7.38. The van der Waals surface area contributed by atoms with E-state index < -0.39 is 0 Å². The molecule has 1 aromatic rings. The van der Waals surface area contributed by atoms with Crippen molar-refractivity contribution >= 4 is 11.8 Å². The number of anilines is 2. The van der Waals surface area contributed by atoms with Gasteiger partial charge >= 0.3 is 0 Å². The molecule has 0 aliphatic heterocycles. The number of aromatic nitrogens is 2. The van der Waals surface area contributed by atoms with E-state index in [9.17, 15) is 0 Å². The van der Waals surface area contributed by atoms with Crippen LogP contribution >= 0.6 is 0 Å². The van der Waals surface area contributed by atoms with Gasteiger partial charge in [0.15, 0.2) is 0 Å². The van der Waals surface area contributed by atoms with E-state index in [1.807, 2.05) is 6.07 Å². The van der Waals surface area contributed by atoms with E-state index in [0.717, 1.165) is 18.3 Å². The fourth-order valence-electron chi connectivity index (χ4n) is 1.33. The van der Waals surface area contributed by atoms with Crippen LogP contribution in [0.3, 0.4) is 0 Å². The first kappa shape index (κ1) is 10.2. The third-order valence-corrected chi connectivity index (χ3v) is 2.40. The Morgan fingerprint density at radius 2 is 2.33 bits per heavy atom. The molecule has 0 bridgehead atoms. The summed E-state index contributed by atoms with van der Waals surface area (Å²) in [5.74, 6) is 1.67. The van der Waals surface area contributed by atoms with Crippen LogP contribution in [0.25, 0.3) is 0 Å². The molecule has 1 aliphatic rings. The molecule has 4 heteroatoms. The van der Waals surface area contributed by atoms with Gasteiger partial charge in [-0.15, -0.1) is 0 Å². The molecule has 15 heavy (non-hydrogen) atoms. The van der Waals surface area contributed by atoms with Gasteiger partial charge in [0.1, 0.15) is 5.82 Å². The molecule has 2 N–H and O–H groups in total. The maximum atomic E-state index is 4.39. The Bertz CT molecular complexity index is 309. The summed E-state index contributed by atoms with van der Waals surface area (Å²) in [6.45, 7) is 3.16. The number of hydrogen-bond acceptors (Lipinski definition) is 4. The first-order valence-corrected chi connectivity index (χ1v) is 5.72. The van der Waals surface area contributed by atoms with Crippen LogP contribution in [-0.2, 0) is 0 Å². The maximum absolute atomic E-state index is 4.39. The largest absolute Gasteiger partial charge is 0.370 e. The van der Waals surface area contributed by atoms with Crippen LogP contribution in [-0.4, -0.2) is 22.6 Å². The van der Waals surface area contributed by atoms with Crippen molar-refractivity contribution in [2.75, 3.05) is 17.2 Å². The highest BCUT2D eigenvalue weighted by atomic mass is 15.2. The lowest BCUT2D eigenvalue weighted by Crippen LogP contribution is -2.08. The standard InChI is InChI=1S/C11H18N4/c1-2-3-7-12-10-6-8-13-11(15-10)14-9-4-5-9/h6,8-9H,2-5,7H2,1H3,(H2,12,13,14,15). The summed E-state index contributed by atoms with van der Waals surface area (Å²) in [7, 11) is 0. The highest BCUT2D eigenvalue weighted by Crippen LogP contribution is 2.22. The summed E-state index contributed by atoms with van der Waals surface area (Å²) < 4.78 is 0. The van der Waals surface area contributed by atoms with E-state index in [-0.39, 0.29) is 0 Å². The summed E-state index contributed by atoms with van der Waals surface area (Å²) in [4.78, 5) is 8.58. The second kappa shape index (κ2) is 4.96. The van der Waals surface area contributed by atoms with Crippen molar-refractivity contribution in [1.82, 2.24) is 9.97 Å². The van der Waals surface area contributed by atoms with Crippen molar-refractivity contribution in [3.8, 4) is 0 Å². The zero-order valence-corrected chi connectivity index (χ0v) is 9.16. The molecule has 82 valence electrons. The predicted octanol–water partition coefficient (Wildman–Crippen LogP) is 2.26. The lowest BCUT2D eigenvalue weighted by molar-refractivity contribution is 0.830. The first-order valence-electron chi connectivity index (χ1n) is 5.72.